The maximum absolute atomic E-state index is 11.4. The number of hydrogen-bond acceptors (Lipinski definition) is 11. The molecule has 0 aromatic carbocycles. The second kappa shape index (κ2) is 4.52. The first kappa shape index (κ1) is 15.9. The van der Waals surface area contributed by atoms with Crippen molar-refractivity contribution in [1.29, 1.82) is 0 Å². The SMILES string of the molecule is CC1(C2OC(=O)OC2C2(C)COS(=O)(=O)O2)COS(=O)(=O)O1. The Morgan fingerprint density at radius 3 is 1.50 bits per heavy atom. The van der Waals surface area contributed by atoms with Crippen LogP contribution in [0, 0.1) is 0 Å². The van der Waals surface area contributed by atoms with Crippen LogP contribution < -0.4 is 0 Å². The van der Waals surface area contributed by atoms with E-state index in [0.717, 1.165) is 0 Å². The van der Waals surface area contributed by atoms with Crippen molar-refractivity contribution in [2.24, 2.45) is 0 Å². The van der Waals surface area contributed by atoms with Crippen LogP contribution in [0.25, 0.3) is 0 Å². The van der Waals surface area contributed by atoms with Gasteiger partial charge in [0.2, 0.25) is 0 Å². The molecule has 3 heterocycles. The summed E-state index contributed by atoms with van der Waals surface area (Å²) in [4.78, 5) is 11.4. The van der Waals surface area contributed by atoms with Crippen molar-refractivity contribution in [1.82, 2.24) is 0 Å². The zero-order valence-electron chi connectivity index (χ0n) is 11.4. The summed E-state index contributed by atoms with van der Waals surface area (Å²) in [5.41, 5.74) is -3.18. The lowest BCUT2D eigenvalue weighted by molar-refractivity contribution is -0.0868. The van der Waals surface area contributed by atoms with Crippen molar-refractivity contribution < 1.29 is 47.8 Å². The average Bonchev–Trinajstić information content (AvgIpc) is 2.97. The predicted octanol–water partition coefficient (Wildman–Crippen LogP) is -1.01. The number of carbonyl (C=O) groups is 1. The highest BCUT2D eigenvalue weighted by atomic mass is 32.3. The van der Waals surface area contributed by atoms with E-state index in [9.17, 15) is 21.6 Å². The van der Waals surface area contributed by atoms with Crippen LogP contribution in [0.15, 0.2) is 0 Å². The molecule has 0 aliphatic carbocycles. The van der Waals surface area contributed by atoms with Crippen LogP contribution in [0.1, 0.15) is 13.8 Å². The molecule has 0 aromatic rings. The highest BCUT2D eigenvalue weighted by molar-refractivity contribution is 7.82. The molecular weight excluding hydrogens is 348 g/mol. The molecule has 3 aliphatic rings. The summed E-state index contributed by atoms with van der Waals surface area (Å²) >= 11 is 0. The fourth-order valence-corrected chi connectivity index (χ4v) is 4.52. The molecule has 0 spiro atoms. The van der Waals surface area contributed by atoms with E-state index in [4.69, 9.17) is 17.8 Å². The van der Waals surface area contributed by atoms with Crippen LogP contribution in [0.4, 0.5) is 4.79 Å². The number of carbonyl (C=O) groups excluding carboxylic acids is 1. The largest absolute Gasteiger partial charge is 0.509 e. The molecule has 13 heteroatoms. The third-order valence-corrected chi connectivity index (χ3v) is 5.47. The first-order valence-corrected chi connectivity index (χ1v) is 8.69. The lowest BCUT2D eigenvalue weighted by Crippen LogP contribution is -2.56. The molecule has 0 aromatic heterocycles. The van der Waals surface area contributed by atoms with E-state index in [1.807, 2.05) is 0 Å². The Balaban J connectivity index is 1.92. The fraction of sp³-hybridized carbons (Fsp3) is 0.889. The molecule has 0 amide bonds. The van der Waals surface area contributed by atoms with Gasteiger partial charge in [0, 0.05) is 0 Å². The first-order chi connectivity index (χ1) is 9.95. The van der Waals surface area contributed by atoms with Crippen LogP contribution in [-0.2, 0) is 47.0 Å². The minimum atomic E-state index is -4.24. The lowest BCUT2D eigenvalue weighted by atomic mass is 9.86. The Bertz CT molecular complexity index is 652. The van der Waals surface area contributed by atoms with E-state index in [2.05, 4.69) is 8.37 Å². The van der Waals surface area contributed by atoms with Crippen molar-refractivity contribution in [3.63, 3.8) is 0 Å². The summed E-state index contributed by atoms with van der Waals surface area (Å²) < 4.78 is 73.8. The Kier molecular flexibility index (Phi) is 3.26. The second-order valence-electron chi connectivity index (χ2n) is 5.46. The number of rotatable bonds is 2. The minimum Gasteiger partial charge on any atom is -0.424 e. The van der Waals surface area contributed by atoms with Crippen molar-refractivity contribution >= 4 is 27.0 Å². The smallest absolute Gasteiger partial charge is 0.424 e. The van der Waals surface area contributed by atoms with Gasteiger partial charge in [-0.2, -0.15) is 16.8 Å². The maximum atomic E-state index is 11.4. The van der Waals surface area contributed by atoms with Crippen LogP contribution in [0.5, 0.6) is 0 Å². The molecule has 3 aliphatic heterocycles. The monoisotopic (exact) mass is 360 g/mol. The van der Waals surface area contributed by atoms with Gasteiger partial charge in [0.25, 0.3) is 0 Å². The number of ether oxygens (including phenoxy) is 2. The van der Waals surface area contributed by atoms with Gasteiger partial charge >= 0.3 is 27.0 Å². The van der Waals surface area contributed by atoms with E-state index in [1.165, 1.54) is 13.8 Å². The van der Waals surface area contributed by atoms with Crippen LogP contribution >= 0.6 is 0 Å². The molecule has 0 radical (unpaired) electrons. The van der Waals surface area contributed by atoms with Crippen LogP contribution in [0.2, 0.25) is 0 Å². The van der Waals surface area contributed by atoms with Crippen molar-refractivity contribution in [3.05, 3.63) is 0 Å². The summed E-state index contributed by atoms with van der Waals surface area (Å²) in [6, 6.07) is 0. The topological polar surface area (TPSA) is 141 Å². The normalized spacial score (nSPS) is 46.4. The second-order valence-corrected chi connectivity index (χ2v) is 7.90. The molecule has 126 valence electrons. The Morgan fingerprint density at radius 2 is 1.23 bits per heavy atom. The Hall–Kier alpha value is -0.990. The summed E-state index contributed by atoms with van der Waals surface area (Å²) in [7, 11) is -8.47. The van der Waals surface area contributed by atoms with Gasteiger partial charge in [-0.25, -0.2) is 21.5 Å². The van der Waals surface area contributed by atoms with E-state index >= 15 is 0 Å². The van der Waals surface area contributed by atoms with Crippen molar-refractivity contribution in [2.75, 3.05) is 13.2 Å². The van der Waals surface area contributed by atoms with Gasteiger partial charge in [-0.15, -0.1) is 0 Å². The van der Waals surface area contributed by atoms with E-state index in [0.29, 0.717) is 0 Å². The highest BCUT2D eigenvalue weighted by Gasteiger charge is 2.64. The van der Waals surface area contributed by atoms with E-state index < -0.39 is 63.6 Å². The molecule has 3 rings (SSSR count). The lowest BCUT2D eigenvalue weighted by Gasteiger charge is -2.33. The number of cyclic esters (lactones) is 2. The summed E-state index contributed by atoms with van der Waals surface area (Å²) in [6.45, 7) is 1.78. The van der Waals surface area contributed by atoms with Gasteiger partial charge < -0.3 is 9.47 Å². The Labute approximate surface area is 126 Å². The molecule has 3 saturated heterocycles. The fourth-order valence-electron chi connectivity index (χ4n) is 2.45. The molecule has 22 heavy (non-hydrogen) atoms. The van der Waals surface area contributed by atoms with Gasteiger partial charge in [0.15, 0.2) is 23.4 Å². The zero-order valence-corrected chi connectivity index (χ0v) is 13.0. The molecule has 4 atom stereocenters. The maximum Gasteiger partial charge on any atom is 0.509 e. The van der Waals surface area contributed by atoms with E-state index in [1.54, 1.807) is 0 Å². The summed E-state index contributed by atoms with van der Waals surface area (Å²) in [6.07, 6.45) is -3.67. The quantitative estimate of drug-likeness (QED) is 0.559. The van der Waals surface area contributed by atoms with Gasteiger partial charge in [-0.05, 0) is 13.8 Å². The van der Waals surface area contributed by atoms with Crippen molar-refractivity contribution in [3.8, 4) is 0 Å². The summed E-state index contributed by atoms with van der Waals surface area (Å²) in [5, 5.41) is 0. The third-order valence-electron chi connectivity index (χ3n) is 3.49. The first-order valence-electron chi connectivity index (χ1n) is 6.02. The van der Waals surface area contributed by atoms with Gasteiger partial charge in [0.05, 0.1) is 0 Å². The molecule has 0 N–H and O–H groups in total. The van der Waals surface area contributed by atoms with Crippen LogP contribution in [-0.4, -0.2) is 59.6 Å². The Morgan fingerprint density at radius 1 is 0.864 bits per heavy atom. The summed E-state index contributed by atoms with van der Waals surface area (Å²) in [5.74, 6) is 0. The van der Waals surface area contributed by atoms with E-state index in [-0.39, 0.29) is 0 Å². The predicted molar refractivity (Wildman–Crippen MR) is 63.9 cm³/mol. The molecular formula is C9H12O11S2. The van der Waals surface area contributed by atoms with Gasteiger partial charge in [0.1, 0.15) is 13.2 Å². The van der Waals surface area contributed by atoms with Crippen molar-refractivity contribution in [2.45, 2.75) is 37.3 Å². The average molecular weight is 360 g/mol. The van der Waals surface area contributed by atoms with Gasteiger partial charge in [-0.1, -0.05) is 0 Å². The standard InChI is InChI=1S/C9H12O11S2/c1-8(3-15-21(11,12)19-8)5-6(18-7(10)17-5)9(2)4-16-22(13,14)20-9/h5-6H,3-4H2,1-2H3. The molecule has 11 nitrogen and oxygen atoms in total. The highest BCUT2D eigenvalue weighted by Crippen LogP contribution is 2.41. The van der Waals surface area contributed by atoms with Crippen LogP contribution in [0.3, 0.4) is 0 Å². The number of hydrogen-bond donors (Lipinski definition) is 0. The zero-order chi connectivity index (χ0) is 16.4. The minimum absolute atomic E-state index is 0.434. The molecule has 3 fully saturated rings. The third kappa shape index (κ3) is 2.57. The molecule has 4 unspecified atom stereocenters. The van der Waals surface area contributed by atoms with Gasteiger partial charge in [-0.3, -0.25) is 0 Å². The molecule has 0 saturated carbocycles. The molecule has 0 bridgehead atoms.